The fourth-order valence-electron chi connectivity index (χ4n) is 4.26. The highest BCUT2D eigenvalue weighted by molar-refractivity contribution is 6.31. The Balaban J connectivity index is 1.51. The van der Waals surface area contributed by atoms with Crippen molar-refractivity contribution in [2.75, 3.05) is 25.5 Å². The maximum Gasteiger partial charge on any atom is 0.230 e. The first-order chi connectivity index (χ1) is 13.8. The summed E-state index contributed by atoms with van der Waals surface area (Å²) in [5, 5.41) is 4.24. The van der Waals surface area contributed by atoms with Crippen LogP contribution in [0.4, 0.5) is 10.2 Å². The summed E-state index contributed by atoms with van der Waals surface area (Å²) < 4.78 is 19.3. The SMILES string of the molecule is COc1cc([C@@H](C)C(=O)N2CC[C@@]3(CCc4cc(Cl)c(C)nc4N3)C2)c(F)cn1. The Labute approximate surface area is 174 Å². The molecule has 2 aromatic heterocycles. The first kappa shape index (κ1) is 19.9. The van der Waals surface area contributed by atoms with Gasteiger partial charge in [0.1, 0.15) is 11.6 Å². The normalized spacial score (nSPS) is 21.6. The topological polar surface area (TPSA) is 67.3 Å². The van der Waals surface area contributed by atoms with E-state index in [0.29, 0.717) is 29.6 Å². The number of carbonyl (C=O) groups is 1. The number of carbonyl (C=O) groups excluding carboxylic acids is 1. The van der Waals surface area contributed by atoms with Crippen LogP contribution in [0.3, 0.4) is 0 Å². The Morgan fingerprint density at radius 2 is 2.21 bits per heavy atom. The lowest BCUT2D eigenvalue weighted by atomic mass is 9.86. The van der Waals surface area contributed by atoms with E-state index in [2.05, 4.69) is 15.3 Å². The smallest absolute Gasteiger partial charge is 0.230 e. The average Bonchev–Trinajstić information content (AvgIpc) is 3.12. The molecule has 0 unspecified atom stereocenters. The van der Waals surface area contributed by atoms with E-state index in [0.717, 1.165) is 42.5 Å². The molecule has 0 radical (unpaired) electrons. The van der Waals surface area contributed by atoms with E-state index >= 15 is 0 Å². The largest absolute Gasteiger partial charge is 0.481 e. The number of fused-ring (bicyclic) bond motifs is 1. The number of pyridine rings is 2. The maximum atomic E-state index is 14.3. The molecule has 2 aliphatic heterocycles. The van der Waals surface area contributed by atoms with Gasteiger partial charge >= 0.3 is 0 Å². The predicted molar refractivity (Wildman–Crippen MR) is 109 cm³/mol. The molecule has 2 aliphatic rings. The molecule has 29 heavy (non-hydrogen) atoms. The molecule has 1 fully saturated rings. The number of anilines is 1. The molecular weight excluding hydrogens is 395 g/mol. The number of rotatable bonds is 3. The van der Waals surface area contributed by atoms with E-state index < -0.39 is 11.7 Å². The molecule has 0 aliphatic carbocycles. The molecule has 1 spiro atoms. The maximum absolute atomic E-state index is 14.3. The number of methoxy groups -OCH3 is 1. The summed E-state index contributed by atoms with van der Waals surface area (Å²) in [7, 11) is 1.47. The highest BCUT2D eigenvalue weighted by atomic mass is 35.5. The summed E-state index contributed by atoms with van der Waals surface area (Å²) >= 11 is 6.20. The number of ether oxygens (including phenoxy) is 1. The van der Waals surface area contributed by atoms with Gasteiger partial charge in [-0.25, -0.2) is 14.4 Å². The van der Waals surface area contributed by atoms with Gasteiger partial charge in [0.15, 0.2) is 0 Å². The third-order valence-electron chi connectivity index (χ3n) is 6.06. The molecule has 4 rings (SSSR count). The predicted octanol–water partition coefficient (Wildman–Crippen LogP) is 3.72. The third-order valence-corrected chi connectivity index (χ3v) is 6.44. The number of nitrogens with one attached hydrogen (secondary N) is 1. The van der Waals surface area contributed by atoms with Crippen molar-refractivity contribution in [1.29, 1.82) is 0 Å². The van der Waals surface area contributed by atoms with Crippen LogP contribution in [0.5, 0.6) is 5.88 Å². The minimum Gasteiger partial charge on any atom is -0.481 e. The van der Waals surface area contributed by atoms with Crippen LogP contribution in [-0.2, 0) is 11.2 Å². The molecule has 154 valence electrons. The Bertz CT molecular complexity index is 970. The van der Waals surface area contributed by atoms with Crippen molar-refractivity contribution >= 4 is 23.3 Å². The molecule has 1 saturated heterocycles. The van der Waals surface area contributed by atoms with E-state index in [9.17, 15) is 9.18 Å². The molecule has 8 heteroatoms. The second-order valence-corrected chi connectivity index (χ2v) is 8.36. The Morgan fingerprint density at radius 1 is 1.41 bits per heavy atom. The minimum absolute atomic E-state index is 0.0955. The van der Waals surface area contributed by atoms with Gasteiger partial charge in [0.05, 0.1) is 35.5 Å². The number of nitrogens with zero attached hydrogens (tertiary/aromatic N) is 3. The summed E-state index contributed by atoms with van der Waals surface area (Å²) in [4.78, 5) is 23.4. The average molecular weight is 419 g/mol. The Morgan fingerprint density at radius 3 is 2.97 bits per heavy atom. The second kappa shape index (κ2) is 7.44. The van der Waals surface area contributed by atoms with Gasteiger partial charge in [0.25, 0.3) is 0 Å². The highest BCUT2D eigenvalue weighted by Crippen LogP contribution is 2.38. The van der Waals surface area contributed by atoms with Crippen molar-refractivity contribution in [1.82, 2.24) is 14.9 Å². The van der Waals surface area contributed by atoms with Crippen molar-refractivity contribution in [3.63, 3.8) is 0 Å². The zero-order chi connectivity index (χ0) is 20.8. The molecule has 6 nitrogen and oxygen atoms in total. The van der Waals surface area contributed by atoms with Gasteiger partial charge in [-0.1, -0.05) is 11.6 Å². The van der Waals surface area contributed by atoms with Crippen LogP contribution in [0.2, 0.25) is 5.02 Å². The first-order valence-electron chi connectivity index (χ1n) is 9.74. The van der Waals surface area contributed by atoms with Crippen LogP contribution in [0, 0.1) is 12.7 Å². The van der Waals surface area contributed by atoms with E-state index in [4.69, 9.17) is 16.3 Å². The molecule has 1 amide bonds. The minimum atomic E-state index is -0.614. The van der Waals surface area contributed by atoms with Gasteiger partial charge in [-0.15, -0.1) is 0 Å². The Hall–Kier alpha value is -2.41. The zero-order valence-corrected chi connectivity index (χ0v) is 17.5. The number of halogens is 2. The second-order valence-electron chi connectivity index (χ2n) is 7.95. The number of aromatic nitrogens is 2. The van der Waals surface area contributed by atoms with E-state index in [1.807, 2.05) is 17.9 Å². The third kappa shape index (κ3) is 3.64. The molecule has 0 aromatic carbocycles. The number of hydrogen-bond acceptors (Lipinski definition) is 5. The molecule has 2 atom stereocenters. The number of hydrogen-bond donors (Lipinski definition) is 1. The number of amides is 1. The Kier molecular flexibility index (Phi) is 5.11. The summed E-state index contributed by atoms with van der Waals surface area (Å²) in [5.41, 5.74) is 1.99. The van der Waals surface area contributed by atoms with Gasteiger partial charge in [0.2, 0.25) is 11.8 Å². The first-order valence-corrected chi connectivity index (χ1v) is 10.1. The molecule has 4 heterocycles. The fourth-order valence-corrected chi connectivity index (χ4v) is 4.43. The van der Waals surface area contributed by atoms with Gasteiger partial charge in [-0.3, -0.25) is 4.79 Å². The van der Waals surface area contributed by atoms with E-state index in [-0.39, 0.29) is 11.4 Å². The molecule has 1 N–H and O–H groups in total. The van der Waals surface area contributed by atoms with Crippen molar-refractivity contribution in [2.45, 2.75) is 44.6 Å². The van der Waals surface area contributed by atoms with Crippen LogP contribution in [0.1, 0.15) is 42.5 Å². The summed E-state index contributed by atoms with van der Waals surface area (Å²) in [6, 6.07) is 3.47. The van der Waals surface area contributed by atoms with E-state index in [1.54, 1.807) is 6.92 Å². The van der Waals surface area contributed by atoms with Crippen LogP contribution in [0.25, 0.3) is 0 Å². The van der Waals surface area contributed by atoms with E-state index in [1.165, 1.54) is 13.2 Å². The molecule has 2 aromatic rings. The molecule has 0 saturated carbocycles. The summed E-state index contributed by atoms with van der Waals surface area (Å²) in [6.45, 7) is 4.81. The monoisotopic (exact) mass is 418 g/mol. The fraction of sp³-hybridized carbons (Fsp3) is 0.476. The van der Waals surface area contributed by atoms with Crippen LogP contribution >= 0.6 is 11.6 Å². The standard InChI is InChI=1S/C21H24ClFN4O2/c1-12(15-9-18(29-3)24-10-17(15)23)20(28)27-7-6-21(11-27)5-4-14-8-16(22)13(2)25-19(14)26-21/h8-10,12H,4-7,11H2,1-3H3,(H,25,26)/t12-,21+/m1/s1. The van der Waals surface area contributed by atoms with Crippen molar-refractivity contribution in [3.8, 4) is 5.88 Å². The lowest BCUT2D eigenvalue weighted by Gasteiger charge is -2.36. The van der Waals surface area contributed by atoms with Crippen LogP contribution in [-0.4, -0.2) is 46.5 Å². The molecular formula is C21H24ClFN4O2. The van der Waals surface area contributed by atoms with Gasteiger partial charge in [-0.2, -0.15) is 0 Å². The highest BCUT2D eigenvalue weighted by Gasteiger charge is 2.43. The number of aryl methyl sites for hydroxylation is 2. The van der Waals surface area contributed by atoms with Gasteiger partial charge < -0.3 is 15.0 Å². The lowest BCUT2D eigenvalue weighted by molar-refractivity contribution is -0.131. The quantitative estimate of drug-likeness (QED) is 0.822. The molecule has 0 bridgehead atoms. The van der Waals surface area contributed by atoms with Gasteiger partial charge in [0, 0.05) is 24.7 Å². The van der Waals surface area contributed by atoms with Crippen LogP contribution in [0.15, 0.2) is 18.3 Å². The number of likely N-dealkylation sites (tertiary alicyclic amines) is 1. The van der Waals surface area contributed by atoms with Crippen molar-refractivity contribution in [2.24, 2.45) is 0 Å². The van der Waals surface area contributed by atoms with Crippen molar-refractivity contribution < 1.29 is 13.9 Å². The lowest BCUT2D eigenvalue weighted by Crippen LogP contribution is -2.46. The zero-order valence-electron chi connectivity index (χ0n) is 16.8. The van der Waals surface area contributed by atoms with Crippen LogP contribution < -0.4 is 10.1 Å². The van der Waals surface area contributed by atoms with Crippen molar-refractivity contribution in [3.05, 3.63) is 46.0 Å². The summed E-state index contributed by atoms with van der Waals surface area (Å²) in [6.07, 6.45) is 3.69. The summed E-state index contributed by atoms with van der Waals surface area (Å²) in [5.74, 6) is -0.0594. The van der Waals surface area contributed by atoms with Gasteiger partial charge in [-0.05, 0) is 44.7 Å².